The Labute approximate surface area is 139 Å². The van der Waals surface area contributed by atoms with E-state index in [9.17, 15) is 9.59 Å². The zero-order valence-corrected chi connectivity index (χ0v) is 14.3. The maximum atomic E-state index is 12.3. The van der Waals surface area contributed by atoms with E-state index in [4.69, 9.17) is 0 Å². The highest BCUT2D eigenvalue weighted by atomic mass is 16.2. The van der Waals surface area contributed by atoms with Gasteiger partial charge in [0.2, 0.25) is 0 Å². The molecule has 5 aliphatic carbocycles. The van der Waals surface area contributed by atoms with E-state index in [0.29, 0.717) is 0 Å². The van der Waals surface area contributed by atoms with E-state index in [1.807, 2.05) is 0 Å². The van der Waals surface area contributed by atoms with Crippen LogP contribution in [0, 0.1) is 23.2 Å². The summed E-state index contributed by atoms with van der Waals surface area (Å²) in [6.45, 7) is 2.13. The van der Waals surface area contributed by atoms with Crippen LogP contribution >= 0.6 is 0 Å². The van der Waals surface area contributed by atoms with E-state index in [1.54, 1.807) is 0 Å². The van der Waals surface area contributed by atoms with Crippen molar-refractivity contribution in [3.63, 3.8) is 0 Å². The van der Waals surface area contributed by atoms with Crippen LogP contribution < -0.4 is 10.6 Å². The van der Waals surface area contributed by atoms with Gasteiger partial charge in [-0.2, -0.15) is 0 Å². The molecule has 128 valence electrons. The molecule has 2 amide bonds. The van der Waals surface area contributed by atoms with Crippen molar-refractivity contribution in [2.24, 2.45) is 23.2 Å². The van der Waals surface area contributed by atoms with Gasteiger partial charge in [0.15, 0.2) is 0 Å². The summed E-state index contributed by atoms with van der Waals surface area (Å²) in [5.41, 5.74) is 0.262. The molecule has 5 saturated carbocycles. The number of hydrogen-bond acceptors (Lipinski definition) is 2. The molecule has 0 aliphatic heterocycles. The first-order valence-corrected chi connectivity index (χ1v) is 9.65. The SMILES string of the molecule is CC(NC(=O)C(=O)NC1CCCC1)C12CC3CC(CC(C3)C1)C2. The Balaban J connectivity index is 1.36. The molecule has 2 N–H and O–H groups in total. The van der Waals surface area contributed by atoms with E-state index in [1.165, 1.54) is 38.5 Å². The van der Waals surface area contributed by atoms with Gasteiger partial charge in [-0.05, 0) is 81.5 Å². The second kappa shape index (κ2) is 5.78. The summed E-state index contributed by atoms with van der Waals surface area (Å²) in [6, 6.07) is 0.334. The number of carbonyl (C=O) groups excluding carboxylic acids is 2. The lowest BCUT2D eigenvalue weighted by molar-refractivity contribution is -0.142. The molecule has 5 fully saturated rings. The number of nitrogens with one attached hydrogen (secondary N) is 2. The second-order valence-corrected chi connectivity index (χ2v) is 8.93. The minimum absolute atomic E-state index is 0.123. The summed E-state index contributed by atoms with van der Waals surface area (Å²) in [4.78, 5) is 24.4. The van der Waals surface area contributed by atoms with Crippen LogP contribution in [0.15, 0.2) is 0 Å². The number of amides is 2. The van der Waals surface area contributed by atoms with Gasteiger partial charge in [0.1, 0.15) is 0 Å². The first kappa shape index (κ1) is 15.5. The highest BCUT2D eigenvalue weighted by Crippen LogP contribution is 2.61. The van der Waals surface area contributed by atoms with Crippen molar-refractivity contribution in [3.8, 4) is 0 Å². The molecule has 5 aliphatic rings. The predicted octanol–water partition coefficient (Wildman–Crippen LogP) is 2.77. The Kier molecular flexibility index (Phi) is 3.89. The molecule has 1 unspecified atom stereocenters. The van der Waals surface area contributed by atoms with E-state index >= 15 is 0 Å². The third-order valence-corrected chi connectivity index (χ3v) is 7.25. The monoisotopic (exact) mass is 318 g/mol. The van der Waals surface area contributed by atoms with E-state index < -0.39 is 11.8 Å². The molecule has 0 aromatic rings. The molecule has 0 aromatic carbocycles. The van der Waals surface area contributed by atoms with Crippen LogP contribution in [0.4, 0.5) is 0 Å². The van der Waals surface area contributed by atoms with Crippen molar-refractivity contribution in [3.05, 3.63) is 0 Å². The van der Waals surface area contributed by atoms with Crippen LogP contribution in [0.3, 0.4) is 0 Å². The van der Waals surface area contributed by atoms with Crippen molar-refractivity contribution < 1.29 is 9.59 Å². The lowest BCUT2D eigenvalue weighted by Gasteiger charge is -2.59. The van der Waals surface area contributed by atoms with Crippen LogP contribution in [0.5, 0.6) is 0 Å². The Bertz CT molecular complexity index is 460. The average molecular weight is 318 g/mol. The van der Waals surface area contributed by atoms with Crippen molar-refractivity contribution >= 4 is 11.8 Å². The maximum absolute atomic E-state index is 12.3. The summed E-state index contributed by atoms with van der Waals surface area (Å²) in [5.74, 6) is 1.77. The summed E-state index contributed by atoms with van der Waals surface area (Å²) in [7, 11) is 0. The second-order valence-electron chi connectivity index (χ2n) is 8.93. The minimum atomic E-state index is -0.423. The van der Waals surface area contributed by atoms with E-state index in [0.717, 1.165) is 43.4 Å². The molecular weight excluding hydrogens is 288 g/mol. The Hall–Kier alpha value is -1.06. The minimum Gasteiger partial charge on any atom is -0.345 e. The normalized spacial score (nSPS) is 40.1. The molecule has 0 spiro atoms. The first-order valence-electron chi connectivity index (χ1n) is 9.65. The van der Waals surface area contributed by atoms with Gasteiger partial charge in [-0.1, -0.05) is 12.8 Å². The molecule has 0 aromatic heterocycles. The van der Waals surface area contributed by atoms with Crippen LogP contribution in [-0.4, -0.2) is 23.9 Å². The molecular formula is C19H30N2O2. The van der Waals surface area contributed by atoms with Gasteiger partial charge in [0, 0.05) is 12.1 Å². The summed E-state index contributed by atoms with van der Waals surface area (Å²) in [5, 5.41) is 5.97. The van der Waals surface area contributed by atoms with Gasteiger partial charge in [0.05, 0.1) is 0 Å². The largest absolute Gasteiger partial charge is 0.345 e. The molecule has 4 bridgehead atoms. The Morgan fingerprint density at radius 3 is 1.96 bits per heavy atom. The van der Waals surface area contributed by atoms with Gasteiger partial charge in [-0.25, -0.2) is 0 Å². The molecule has 4 nitrogen and oxygen atoms in total. The van der Waals surface area contributed by atoms with Gasteiger partial charge >= 0.3 is 11.8 Å². The van der Waals surface area contributed by atoms with Crippen LogP contribution in [0.25, 0.3) is 0 Å². The number of hydrogen-bond donors (Lipinski definition) is 2. The number of rotatable bonds is 3. The molecule has 4 heteroatoms. The Morgan fingerprint density at radius 1 is 0.913 bits per heavy atom. The fourth-order valence-electron chi connectivity index (χ4n) is 6.44. The Morgan fingerprint density at radius 2 is 1.43 bits per heavy atom. The molecule has 5 rings (SSSR count). The van der Waals surface area contributed by atoms with Gasteiger partial charge in [0.25, 0.3) is 0 Å². The quantitative estimate of drug-likeness (QED) is 0.786. The smallest absolute Gasteiger partial charge is 0.309 e. The van der Waals surface area contributed by atoms with Crippen molar-refractivity contribution in [2.45, 2.75) is 83.2 Å². The van der Waals surface area contributed by atoms with E-state index in [-0.39, 0.29) is 17.5 Å². The lowest BCUT2D eigenvalue weighted by atomic mass is 9.48. The average Bonchev–Trinajstić information content (AvgIpc) is 2.98. The standard InChI is InChI=1S/C19H30N2O2/c1-12(20-17(22)18(23)21-16-4-2-3-5-16)19-9-13-6-14(10-19)8-15(7-13)11-19/h12-16H,2-11H2,1H3,(H,20,22)(H,21,23). The third kappa shape index (κ3) is 2.89. The van der Waals surface area contributed by atoms with Crippen LogP contribution in [0.1, 0.15) is 71.1 Å². The zero-order valence-electron chi connectivity index (χ0n) is 14.3. The predicted molar refractivity (Wildman–Crippen MR) is 88.6 cm³/mol. The molecule has 0 radical (unpaired) electrons. The van der Waals surface area contributed by atoms with Crippen molar-refractivity contribution in [1.29, 1.82) is 0 Å². The topological polar surface area (TPSA) is 58.2 Å². The molecule has 1 atom stereocenters. The van der Waals surface area contributed by atoms with Crippen molar-refractivity contribution in [1.82, 2.24) is 10.6 Å². The van der Waals surface area contributed by atoms with Crippen molar-refractivity contribution in [2.75, 3.05) is 0 Å². The first-order chi connectivity index (χ1) is 11.0. The zero-order chi connectivity index (χ0) is 16.0. The van der Waals surface area contributed by atoms with Gasteiger partial charge < -0.3 is 10.6 Å². The van der Waals surface area contributed by atoms with Gasteiger partial charge in [-0.3, -0.25) is 9.59 Å². The van der Waals surface area contributed by atoms with Crippen LogP contribution in [-0.2, 0) is 9.59 Å². The summed E-state index contributed by atoms with van der Waals surface area (Å²) >= 11 is 0. The number of carbonyl (C=O) groups is 2. The van der Waals surface area contributed by atoms with E-state index in [2.05, 4.69) is 17.6 Å². The molecule has 0 saturated heterocycles. The van der Waals surface area contributed by atoms with Crippen LogP contribution in [0.2, 0.25) is 0 Å². The third-order valence-electron chi connectivity index (χ3n) is 7.25. The fourth-order valence-corrected chi connectivity index (χ4v) is 6.44. The highest BCUT2D eigenvalue weighted by molar-refractivity contribution is 6.35. The lowest BCUT2D eigenvalue weighted by Crippen LogP contribution is -2.57. The summed E-state index contributed by atoms with van der Waals surface area (Å²) < 4.78 is 0. The maximum Gasteiger partial charge on any atom is 0.309 e. The molecule has 23 heavy (non-hydrogen) atoms. The fraction of sp³-hybridized carbons (Fsp3) is 0.895. The van der Waals surface area contributed by atoms with Gasteiger partial charge in [-0.15, -0.1) is 0 Å². The summed E-state index contributed by atoms with van der Waals surface area (Å²) in [6.07, 6.45) is 12.3. The highest BCUT2D eigenvalue weighted by Gasteiger charge is 2.53. The molecule has 0 heterocycles.